The van der Waals surface area contributed by atoms with Crippen molar-refractivity contribution in [1.29, 1.82) is 0 Å². The van der Waals surface area contributed by atoms with Gasteiger partial charge >= 0.3 is 0 Å². The lowest BCUT2D eigenvalue weighted by Gasteiger charge is -1.68. The van der Waals surface area contributed by atoms with Crippen LogP contribution in [0, 0.1) is 0 Å². The third-order valence-electron chi connectivity index (χ3n) is 0.338. The van der Waals surface area contributed by atoms with Crippen LogP contribution in [0.5, 0.6) is 0 Å². The zero-order valence-corrected chi connectivity index (χ0v) is 3.64. The molecule has 1 radical (unpaired) electrons. The quantitative estimate of drug-likeness (QED) is 0.262. The first kappa shape index (κ1) is 5.44. The van der Waals surface area contributed by atoms with E-state index in [0.717, 1.165) is 0 Å². The van der Waals surface area contributed by atoms with Crippen LogP contribution in [0.4, 0.5) is 0 Å². The minimum Gasteiger partial charge on any atom is -0.215 e. The molecule has 0 atom stereocenters. The van der Waals surface area contributed by atoms with Crippen LogP contribution in [0.25, 0.3) is 0 Å². The second-order valence-corrected chi connectivity index (χ2v) is 0.840. The van der Waals surface area contributed by atoms with E-state index >= 15 is 0 Å². The minimum atomic E-state index is 0.490. The van der Waals surface area contributed by atoms with E-state index in [9.17, 15) is 4.79 Å². The average molecular weight is 81.9 g/mol. The van der Waals surface area contributed by atoms with Gasteiger partial charge in [0.1, 0.15) is 7.28 Å². The van der Waals surface area contributed by atoms with Crippen LogP contribution in [0.15, 0.2) is 4.99 Å². The molecule has 0 unspecified atom stereocenters. The van der Waals surface area contributed by atoms with Gasteiger partial charge in [0.2, 0.25) is 6.08 Å². The first-order valence-electron chi connectivity index (χ1n) is 1.73. The maximum atomic E-state index is 9.25. The fraction of sp³-hybridized carbons (Fsp3) is 0.667. The Morgan fingerprint density at radius 3 is 2.83 bits per heavy atom. The average Bonchev–Trinajstić information content (AvgIpc) is 1.61. The van der Waals surface area contributed by atoms with Crippen LogP contribution in [0.1, 0.15) is 0 Å². The van der Waals surface area contributed by atoms with Crippen LogP contribution in [0.2, 0.25) is 6.82 Å². The smallest absolute Gasteiger partial charge is 0.215 e. The third-order valence-corrected chi connectivity index (χ3v) is 0.338. The number of nitrogens with zero attached hydrogens (tertiary/aromatic N) is 1. The largest absolute Gasteiger partial charge is 0.234 e. The van der Waals surface area contributed by atoms with Crippen LogP contribution in [-0.2, 0) is 4.79 Å². The molecule has 31 valence electrons. The van der Waals surface area contributed by atoms with E-state index in [0.29, 0.717) is 6.44 Å². The van der Waals surface area contributed by atoms with Crippen molar-refractivity contribution in [2.45, 2.75) is 6.82 Å². The molecule has 2 nitrogen and oxygen atoms in total. The van der Waals surface area contributed by atoms with E-state index in [4.69, 9.17) is 0 Å². The Labute approximate surface area is 37.5 Å². The standard InChI is InChI=1S/C3H5BNO/c1-4-2-5-3-6/h2H2,1H3. The van der Waals surface area contributed by atoms with E-state index in [1.807, 2.05) is 6.82 Å². The highest BCUT2D eigenvalue weighted by molar-refractivity contribution is 6.33. The molecule has 0 spiro atoms. The molecule has 0 rings (SSSR count). The lowest BCUT2D eigenvalue weighted by molar-refractivity contribution is 0.564. The summed E-state index contributed by atoms with van der Waals surface area (Å²) in [5.74, 6) is 0. The van der Waals surface area contributed by atoms with Crippen molar-refractivity contribution in [1.82, 2.24) is 0 Å². The Morgan fingerprint density at radius 1 is 2.00 bits per heavy atom. The van der Waals surface area contributed by atoms with Crippen molar-refractivity contribution in [2.24, 2.45) is 4.99 Å². The fourth-order valence-electron chi connectivity index (χ4n) is 0.129. The van der Waals surface area contributed by atoms with Crippen molar-refractivity contribution in [2.75, 3.05) is 6.44 Å². The SMILES string of the molecule is C[B]CN=C=O. The monoisotopic (exact) mass is 82.0 g/mol. The van der Waals surface area contributed by atoms with Gasteiger partial charge in [-0.2, -0.15) is 0 Å². The van der Waals surface area contributed by atoms with E-state index < -0.39 is 0 Å². The lowest BCUT2D eigenvalue weighted by Crippen LogP contribution is -1.84. The summed E-state index contributed by atoms with van der Waals surface area (Å²) in [6, 6.07) is 0. The van der Waals surface area contributed by atoms with Gasteiger partial charge in [-0.25, -0.2) is 9.79 Å². The van der Waals surface area contributed by atoms with Crippen molar-refractivity contribution >= 4 is 13.4 Å². The molecule has 0 bridgehead atoms. The maximum absolute atomic E-state index is 9.25. The van der Waals surface area contributed by atoms with Gasteiger partial charge < -0.3 is 0 Å². The molecule has 0 saturated carbocycles. The van der Waals surface area contributed by atoms with Gasteiger partial charge in [0, 0.05) is 6.44 Å². The molecular weight excluding hydrogens is 76.9 g/mol. The molecule has 6 heavy (non-hydrogen) atoms. The van der Waals surface area contributed by atoms with Gasteiger partial charge in [0.15, 0.2) is 0 Å². The first-order valence-corrected chi connectivity index (χ1v) is 1.73. The van der Waals surface area contributed by atoms with Crippen molar-refractivity contribution in [3.8, 4) is 0 Å². The summed E-state index contributed by atoms with van der Waals surface area (Å²) in [4.78, 5) is 12.5. The van der Waals surface area contributed by atoms with Crippen LogP contribution in [-0.4, -0.2) is 19.8 Å². The Balaban J connectivity index is 2.86. The lowest BCUT2D eigenvalue weighted by atomic mass is 9.83. The Bertz CT molecular complexity index is 67.2. The zero-order valence-electron chi connectivity index (χ0n) is 3.64. The third kappa shape index (κ3) is 3.44. The molecule has 0 N–H and O–H groups in total. The molecule has 3 heteroatoms. The molecule has 0 aliphatic heterocycles. The Morgan fingerprint density at radius 2 is 2.67 bits per heavy atom. The molecule has 0 saturated heterocycles. The van der Waals surface area contributed by atoms with Crippen molar-refractivity contribution < 1.29 is 4.79 Å². The highest BCUT2D eigenvalue weighted by Gasteiger charge is 1.70. The molecule has 0 aliphatic carbocycles. The Kier molecular flexibility index (Phi) is 4.03. The zero-order chi connectivity index (χ0) is 4.83. The molecule has 0 aromatic carbocycles. The Hall–Kier alpha value is -0.555. The van der Waals surface area contributed by atoms with Crippen LogP contribution in [0.3, 0.4) is 0 Å². The molecule has 0 aromatic rings. The summed E-state index contributed by atoms with van der Waals surface area (Å²) < 4.78 is 0. The van der Waals surface area contributed by atoms with Gasteiger partial charge in [-0.1, -0.05) is 6.82 Å². The summed E-state index contributed by atoms with van der Waals surface area (Å²) in [6.45, 7) is 1.83. The van der Waals surface area contributed by atoms with Gasteiger partial charge in [0.25, 0.3) is 0 Å². The molecule has 0 aromatic heterocycles. The summed E-state index contributed by atoms with van der Waals surface area (Å²) in [5.41, 5.74) is 0. The minimum absolute atomic E-state index is 0.490. The van der Waals surface area contributed by atoms with Gasteiger partial charge in [0.05, 0.1) is 0 Å². The summed E-state index contributed by atoms with van der Waals surface area (Å²) in [6.07, 6.45) is 1.90. The fourth-order valence-corrected chi connectivity index (χ4v) is 0.129. The topological polar surface area (TPSA) is 29.4 Å². The van der Waals surface area contributed by atoms with Gasteiger partial charge in [-0.15, -0.1) is 0 Å². The normalized spacial score (nSPS) is 6.17. The number of hydrogen-bond acceptors (Lipinski definition) is 2. The molecule has 0 amide bonds. The molecule has 0 aliphatic rings. The van der Waals surface area contributed by atoms with Crippen molar-refractivity contribution in [3.63, 3.8) is 0 Å². The highest BCUT2D eigenvalue weighted by atomic mass is 16.1. The van der Waals surface area contributed by atoms with E-state index in [2.05, 4.69) is 4.99 Å². The summed E-state index contributed by atoms with van der Waals surface area (Å²) in [7, 11) is 1.78. The molecule has 0 fully saturated rings. The second-order valence-electron chi connectivity index (χ2n) is 0.840. The molecule has 0 heterocycles. The summed E-state index contributed by atoms with van der Waals surface area (Å²) >= 11 is 0. The number of hydrogen-bond donors (Lipinski definition) is 0. The predicted molar refractivity (Wildman–Crippen MR) is 24.6 cm³/mol. The van der Waals surface area contributed by atoms with Crippen molar-refractivity contribution in [3.05, 3.63) is 0 Å². The highest BCUT2D eigenvalue weighted by Crippen LogP contribution is 1.57. The first-order chi connectivity index (χ1) is 2.91. The van der Waals surface area contributed by atoms with E-state index in [1.165, 1.54) is 6.08 Å². The summed E-state index contributed by atoms with van der Waals surface area (Å²) in [5, 5.41) is 0. The number of isocyanates is 1. The van der Waals surface area contributed by atoms with E-state index in [-0.39, 0.29) is 0 Å². The van der Waals surface area contributed by atoms with Gasteiger partial charge in [-0.05, 0) is 0 Å². The van der Waals surface area contributed by atoms with E-state index in [1.54, 1.807) is 7.28 Å². The van der Waals surface area contributed by atoms with Gasteiger partial charge in [-0.3, -0.25) is 0 Å². The van der Waals surface area contributed by atoms with Crippen LogP contribution >= 0.6 is 0 Å². The van der Waals surface area contributed by atoms with Crippen LogP contribution < -0.4 is 0 Å². The maximum Gasteiger partial charge on any atom is 0.234 e. The number of carbonyl (C=O) groups excluding carboxylic acids is 1. The number of rotatable bonds is 2. The predicted octanol–water partition coefficient (Wildman–Crippen LogP) is 0.0320. The molecular formula is C3H5BNO. The number of aliphatic imine (C=N–C) groups is 1. The second kappa shape index (κ2) is 4.44.